The van der Waals surface area contributed by atoms with E-state index in [1.54, 1.807) is 0 Å². The lowest BCUT2D eigenvalue weighted by Crippen LogP contribution is -2.28. The number of alkyl halides is 1. The van der Waals surface area contributed by atoms with E-state index in [4.69, 9.17) is 11.6 Å². The summed E-state index contributed by atoms with van der Waals surface area (Å²) in [6.07, 6.45) is 9.70. The van der Waals surface area contributed by atoms with Gasteiger partial charge in [0.25, 0.3) is 0 Å². The molecule has 0 radical (unpaired) electrons. The zero-order valence-electron chi connectivity index (χ0n) is 10.5. The first-order valence-corrected chi connectivity index (χ1v) is 8.89. The highest BCUT2D eigenvalue weighted by molar-refractivity contribution is 7.89. The van der Waals surface area contributed by atoms with Crippen molar-refractivity contribution in [1.82, 2.24) is 4.72 Å². The maximum absolute atomic E-state index is 11.5. The fourth-order valence-corrected chi connectivity index (χ4v) is 3.42. The molecule has 5 heteroatoms. The molecule has 1 fully saturated rings. The number of halogens is 1. The molecule has 0 aliphatic heterocycles. The molecule has 1 rings (SSSR count). The Morgan fingerprint density at radius 3 is 2.00 bits per heavy atom. The fourth-order valence-electron chi connectivity index (χ4n) is 1.78. The Labute approximate surface area is 110 Å². The summed E-state index contributed by atoms with van der Waals surface area (Å²) in [4.78, 5) is 0. The predicted molar refractivity (Wildman–Crippen MR) is 73.0 cm³/mol. The Hall–Kier alpha value is 0.200. The van der Waals surface area contributed by atoms with Gasteiger partial charge in [0.2, 0.25) is 10.0 Å². The molecule has 0 aromatic carbocycles. The van der Waals surface area contributed by atoms with Gasteiger partial charge in [-0.2, -0.15) is 0 Å². The van der Waals surface area contributed by atoms with Crippen molar-refractivity contribution in [3.8, 4) is 0 Å². The minimum absolute atomic E-state index is 0.246. The molecular formula is C12H24ClNO2S. The molecular weight excluding hydrogens is 258 g/mol. The Bertz CT molecular complexity index is 289. The van der Waals surface area contributed by atoms with Crippen LogP contribution in [-0.4, -0.2) is 26.1 Å². The van der Waals surface area contributed by atoms with Crippen molar-refractivity contribution in [2.45, 2.75) is 63.8 Å². The van der Waals surface area contributed by atoms with Crippen molar-refractivity contribution in [3.05, 3.63) is 0 Å². The second kappa shape index (κ2) is 8.33. The lowest BCUT2D eigenvalue weighted by molar-refractivity contribution is 0.568. The highest BCUT2D eigenvalue weighted by Gasteiger charge is 2.26. The number of sulfonamides is 1. The van der Waals surface area contributed by atoms with E-state index in [1.807, 2.05) is 0 Å². The monoisotopic (exact) mass is 281 g/mol. The van der Waals surface area contributed by atoms with E-state index in [0.717, 1.165) is 44.4 Å². The van der Waals surface area contributed by atoms with Crippen molar-refractivity contribution in [2.75, 3.05) is 11.6 Å². The first-order chi connectivity index (χ1) is 8.14. The van der Waals surface area contributed by atoms with Gasteiger partial charge in [-0.05, 0) is 25.7 Å². The van der Waals surface area contributed by atoms with E-state index in [0.29, 0.717) is 5.75 Å². The van der Waals surface area contributed by atoms with Crippen molar-refractivity contribution < 1.29 is 8.42 Å². The fraction of sp³-hybridized carbons (Fsp3) is 1.00. The molecule has 1 aliphatic rings. The number of nitrogens with one attached hydrogen (secondary N) is 1. The Balaban J connectivity index is 1.89. The number of rotatable bonds is 11. The van der Waals surface area contributed by atoms with E-state index < -0.39 is 10.0 Å². The number of hydrogen-bond donors (Lipinski definition) is 1. The van der Waals surface area contributed by atoms with Crippen LogP contribution < -0.4 is 4.72 Å². The van der Waals surface area contributed by atoms with Gasteiger partial charge < -0.3 is 0 Å². The topological polar surface area (TPSA) is 46.2 Å². The third kappa shape index (κ3) is 8.86. The van der Waals surface area contributed by atoms with Gasteiger partial charge in [-0.3, -0.25) is 0 Å². The SMILES string of the molecule is O=S(=O)(CCCCCCCCCCl)NC1CC1. The molecule has 0 amide bonds. The summed E-state index contributed by atoms with van der Waals surface area (Å²) in [6, 6.07) is 0.246. The molecule has 3 nitrogen and oxygen atoms in total. The smallest absolute Gasteiger partial charge is 0.211 e. The van der Waals surface area contributed by atoms with Crippen LogP contribution in [0.15, 0.2) is 0 Å². The van der Waals surface area contributed by atoms with Gasteiger partial charge in [-0.25, -0.2) is 13.1 Å². The van der Waals surface area contributed by atoms with Crippen molar-refractivity contribution in [2.24, 2.45) is 0 Å². The standard InChI is InChI=1S/C12H24ClNO2S/c13-10-6-4-2-1-3-5-7-11-17(15,16)14-12-8-9-12/h12,14H,1-11H2. The lowest BCUT2D eigenvalue weighted by atomic mass is 10.1. The highest BCUT2D eigenvalue weighted by atomic mass is 35.5. The molecule has 1 saturated carbocycles. The highest BCUT2D eigenvalue weighted by Crippen LogP contribution is 2.20. The summed E-state index contributed by atoms with van der Waals surface area (Å²) in [5, 5.41) is 0. The first kappa shape index (κ1) is 15.3. The molecule has 0 heterocycles. The van der Waals surface area contributed by atoms with Crippen LogP contribution in [0.25, 0.3) is 0 Å². The third-order valence-electron chi connectivity index (χ3n) is 2.97. The maximum atomic E-state index is 11.5. The molecule has 0 atom stereocenters. The van der Waals surface area contributed by atoms with E-state index >= 15 is 0 Å². The van der Waals surface area contributed by atoms with Crippen LogP contribution >= 0.6 is 11.6 Å². The summed E-state index contributed by atoms with van der Waals surface area (Å²) < 4.78 is 25.8. The largest absolute Gasteiger partial charge is 0.212 e. The Morgan fingerprint density at radius 2 is 1.47 bits per heavy atom. The van der Waals surface area contributed by atoms with Gasteiger partial charge in [0.1, 0.15) is 0 Å². The van der Waals surface area contributed by atoms with E-state index in [2.05, 4.69) is 4.72 Å². The van der Waals surface area contributed by atoms with Crippen molar-refractivity contribution in [1.29, 1.82) is 0 Å². The molecule has 0 aromatic rings. The van der Waals surface area contributed by atoms with Crippen LogP contribution in [0.2, 0.25) is 0 Å². The minimum Gasteiger partial charge on any atom is -0.212 e. The third-order valence-corrected chi connectivity index (χ3v) is 4.76. The summed E-state index contributed by atoms with van der Waals surface area (Å²) in [5.74, 6) is 1.05. The molecule has 0 bridgehead atoms. The number of unbranched alkanes of at least 4 members (excludes halogenated alkanes) is 6. The lowest BCUT2D eigenvalue weighted by Gasteiger charge is -2.05. The molecule has 0 aromatic heterocycles. The van der Waals surface area contributed by atoms with Gasteiger partial charge in [0, 0.05) is 11.9 Å². The normalized spacial score (nSPS) is 16.3. The predicted octanol–water partition coefficient (Wildman–Crippen LogP) is 3.04. The molecule has 0 saturated heterocycles. The molecule has 102 valence electrons. The van der Waals surface area contributed by atoms with Crippen LogP contribution in [0, 0.1) is 0 Å². The van der Waals surface area contributed by atoms with E-state index in [1.165, 1.54) is 19.3 Å². The Kier molecular flexibility index (Phi) is 7.47. The van der Waals surface area contributed by atoms with Gasteiger partial charge in [0.05, 0.1) is 5.75 Å². The van der Waals surface area contributed by atoms with Gasteiger partial charge in [-0.15, -0.1) is 11.6 Å². The second-order valence-corrected chi connectivity index (χ2v) is 7.13. The summed E-state index contributed by atoms with van der Waals surface area (Å²) >= 11 is 5.59. The van der Waals surface area contributed by atoms with Crippen LogP contribution in [0.4, 0.5) is 0 Å². The summed E-state index contributed by atoms with van der Waals surface area (Å²) in [6.45, 7) is 0. The second-order valence-electron chi connectivity index (χ2n) is 4.87. The first-order valence-electron chi connectivity index (χ1n) is 6.70. The number of hydrogen-bond acceptors (Lipinski definition) is 2. The van der Waals surface area contributed by atoms with Crippen molar-refractivity contribution >= 4 is 21.6 Å². The van der Waals surface area contributed by atoms with Gasteiger partial charge >= 0.3 is 0 Å². The van der Waals surface area contributed by atoms with E-state index in [-0.39, 0.29) is 6.04 Å². The molecule has 1 N–H and O–H groups in total. The quantitative estimate of drug-likeness (QED) is 0.467. The summed E-state index contributed by atoms with van der Waals surface area (Å²) in [7, 11) is -2.99. The molecule has 0 unspecified atom stereocenters. The zero-order chi connectivity index (χ0) is 12.6. The minimum atomic E-state index is -2.99. The van der Waals surface area contributed by atoms with Gasteiger partial charge in [-0.1, -0.05) is 32.1 Å². The van der Waals surface area contributed by atoms with Crippen molar-refractivity contribution in [3.63, 3.8) is 0 Å². The average molecular weight is 282 g/mol. The zero-order valence-corrected chi connectivity index (χ0v) is 12.0. The Morgan fingerprint density at radius 1 is 0.941 bits per heavy atom. The van der Waals surface area contributed by atoms with Gasteiger partial charge in [0.15, 0.2) is 0 Å². The van der Waals surface area contributed by atoms with Crippen LogP contribution in [0.3, 0.4) is 0 Å². The van der Waals surface area contributed by atoms with Crippen LogP contribution in [0.5, 0.6) is 0 Å². The molecule has 17 heavy (non-hydrogen) atoms. The van der Waals surface area contributed by atoms with Crippen LogP contribution in [-0.2, 0) is 10.0 Å². The van der Waals surface area contributed by atoms with E-state index in [9.17, 15) is 8.42 Å². The average Bonchev–Trinajstić information content (AvgIpc) is 3.05. The molecule has 1 aliphatic carbocycles. The summed E-state index contributed by atoms with van der Waals surface area (Å²) in [5.41, 5.74) is 0. The molecule has 0 spiro atoms. The van der Waals surface area contributed by atoms with Crippen LogP contribution in [0.1, 0.15) is 57.8 Å². The maximum Gasteiger partial charge on any atom is 0.211 e.